The van der Waals surface area contributed by atoms with Crippen molar-refractivity contribution in [1.82, 2.24) is 20.4 Å². The van der Waals surface area contributed by atoms with Gasteiger partial charge < -0.3 is 10.2 Å². The molecule has 1 aromatic carbocycles. The van der Waals surface area contributed by atoms with Crippen LogP contribution in [-0.4, -0.2) is 35.2 Å². The van der Waals surface area contributed by atoms with Gasteiger partial charge in [-0.2, -0.15) is 0 Å². The highest BCUT2D eigenvalue weighted by Gasteiger charge is 2.27. The Bertz CT molecular complexity index is 680. The van der Waals surface area contributed by atoms with Crippen LogP contribution in [-0.2, 0) is 6.42 Å². The average Bonchev–Trinajstić information content (AvgIpc) is 3.05. The van der Waals surface area contributed by atoms with E-state index in [9.17, 15) is 4.79 Å². The number of urea groups is 1. The standard InChI is InChI=1S/C15H18N4OS/c1-9-17-18-14(21-9)12-6-4-5-11-10(12)7-8-13(11)16-15(20)19(2)3/h4-6,13H,7-8H2,1-3H3,(H,16,20). The molecule has 21 heavy (non-hydrogen) atoms. The summed E-state index contributed by atoms with van der Waals surface area (Å²) in [4.78, 5) is 13.4. The van der Waals surface area contributed by atoms with Crippen LogP contribution < -0.4 is 5.32 Å². The van der Waals surface area contributed by atoms with Crippen molar-refractivity contribution in [3.05, 3.63) is 34.3 Å². The predicted molar refractivity (Wildman–Crippen MR) is 83.4 cm³/mol. The van der Waals surface area contributed by atoms with Crippen molar-refractivity contribution in [3.63, 3.8) is 0 Å². The predicted octanol–water partition coefficient (Wildman–Crippen LogP) is 2.77. The normalized spacial score (nSPS) is 16.6. The molecule has 1 heterocycles. The number of hydrogen-bond acceptors (Lipinski definition) is 4. The van der Waals surface area contributed by atoms with Crippen LogP contribution in [0.4, 0.5) is 4.79 Å². The number of carbonyl (C=O) groups excluding carboxylic acids is 1. The zero-order valence-electron chi connectivity index (χ0n) is 12.4. The second-order valence-electron chi connectivity index (χ2n) is 5.43. The van der Waals surface area contributed by atoms with Crippen molar-refractivity contribution in [2.45, 2.75) is 25.8 Å². The third kappa shape index (κ3) is 2.63. The minimum Gasteiger partial charge on any atom is -0.331 e. The molecule has 1 atom stereocenters. The second kappa shape index (κ2) is 5.44. The summed E-state index contributed by atoms with van der Waals surface area (Å²) in [7, 11) is 3.51. The molecule has 0 aliphatic heterocycles. The first-order chi connectivity index (χ1) is 10.1. The highest BCUT2D eigenvalue weighted by atomic mass is 32.1. The van der Waals surface area contributed by atoms with Crippen molar-refractivity contribution in [1.29, 1.82) is 0 Å². The van der Waals surface area contributed by atoms with Crippen LogP contribution in [0.5, 0.6) is 0 Å². The lowest BCUT2D eigenvalue weighted by atomic mass is 10.0. The number of nitrogens with one attached hydrogen (secondary N) is 1. The maximum absolute atomic E-state index is 11.9. The van der Waals surface area contributed by atoms with Gasteiger partial charge in [-0.3, -0.25) is 0 Å². The number of aromatic nitrogens is 2. The fourth-order valence-corrected chi connectivity index (χ4v) is 3.43. The molecule has 6 heteroatoms. The van der Waals surface area contributed by atoms with Crippen molar-refractivity contribution < 1.29 is 4.79 Å². The Balaban J connectivity index is 1.92. The smallest absolute Gasteiger partial charge is 0.317 e. The van der Waals surface area contributed by atoms with E-state index in [2.05, 4.69) is 27.6 Å². The molecule has 1 aliphatic rings. The van der Waals surface area contributed by atoms with Crippen molar-refractivity contribution in [2.24, 2.45) is 0 Å². The molecule has 5 nitrogen and oxygen atoms in total. The Labute approximate surface area is 128 Å². The molecule has 0 bridgehead atoms. The number of fused-ring (bicyclic) bond motifs is 1. The van der Waals surface area contributed by atoms with Gasteiger partial charge in [0.05, 0.1) is 6.04 Å². The number of hydrogen-bond donors (Lipinski definition) is 1. The van der Waals surface area contributed by atoms with Gasteiger partial charge >= 0.3 is 6.03 Å². The summed E-state index contributed by atoms with van der Waals surface area (Å²) >= 11 is 1.61. The van der Waals surface area contributed by atoms with Gasteiger partial charge in [0, 0.05) is 19.7 Å². The highest BCUT2D eigenvalue weighted by molar-refractivity contribution is 7.14. The van der Waals surface area contributed by atoms with Crippen molar-refractivity contribution in [2.75, 3.05) is 14.1 Å². The third-order valence-electron chi connectivity index (χ3n) is 3.73. The maximum atomic E-state index is 11.9. The topological polar surface area (TPSA) is 58.1 Å². The lowest BCUT2D eigenvalue weighted by Gasteiger charge is -2.18. The van der Waals surface area contributed by atoms with E-state index in [1.807, 2.05) is 13.0 Å². The van der Waals surface area contributed by atoms with Crippen LogP contribution in [0.15, 0.2) is 18.2 Å². The summed E-state index contributed by atoms with van der Waals surface area (Å²) in [6.45, 7) is 1.96. The Morgan fingerprint density at radius 3 is 2.86 bits per heavy atom. The van der Waals surface area contributed by atoms with Gasteiger partial charge in [-0.1, -0.05) is 29.5 Å². The summed E-state index contributed by atoms with van der Waals surface area (Å²) in [5, 5.41) is 13.4. The molecule has 0 fully saturated rings. The molecule has 1 N–H and O–H groups in total. The van der Waals surface area contributed by atoms with E-state index in [0.29, 0.717) is 0 Å². The van der Waals surface area contributed by atoms with E-state index in [1.54, 1.807) is 30.3 Å². The number of carbonyl (C=O) groups is 1. The first-order valence-corrected chi connectivity index (χ1v) is 7.78. The molecule has 1 aliphatic carbocycles. The van der Waals surface area contributed by atoms with Crippen LogP contribution in [0.25, 0.3) is 10.6 Å². The molecule has 2 amide bonds. The van der Waals surface area contributed by atoms with Crippen molar-refractivity contribution in [3.8, 4) is 10.6 Å². The summed E-state index contributed by atoms with van der Waals surface area (Å²) in [5.41, 5.74) is 3.65. The van der Waals surface area contributed by atoms with Crippen LogP contribution in [0.3, 0.4) is 0 Å². The van der Waals surface area contributed by atoms with Crippen LogP contribution >= 0.6 is 11.3 Å². The highest BCUT2D eigenvalue weighted by Crippen LogP contribution is 2.38. The SMILES string of the molecule is Cc1nnc(-c2cccc3c2CCC3NC(=O)N(C)C)s1. The molecule has 0 radical (unpaired) electrons. The average molecular weight is 302 g/mol. The maximum Gasteiger partial charge on any atom is 0.317 e. The molecular formula is C15H18N4OS. The number of benzene rings is 1. The molecule has 0 saturated heterocycles. The van der Waals surface area contributed by atoms with E-state index in [0.717, 1.165) is 28.4 Å². The Morgan fingerprint density at radius 1 is 1.38 bits per heavy atom. The minimum absolute atomic E-state index is 0.0509. The molecule has 110 valence electrons. The lowest BCUT2D eigenvalue weighted by molar-refractivity contribution is 0.213. The Kier molecular flexibility index (Phi) is 3.63. The number of aryl methyl sites for hydroxylation is 1. The zero-order valence-corrected chi connectivity index (χ0v) is 13.2. The molecule has 2 aromatic rings. The molecular weight excluding hydrogens is 284 g/mol. The van der Waals surface area contributed by atoms with Crippen LogP contribution in [0.1, 0.15) is 28.6 Å². The second-order valence-corrected chi connectivity index (χ2v) is 6.62. The van der Waals surface area contributed by atoms with E-state index >= 15 is 0 Å². The van der Waals surface area contributed by atoms with Gasteiger partial charge in [0.25, 0.3) is 0 Å². The van der Waals surface area contributed by atoms with E-state index in [4.69, 9.17) is 0 Å². The van der Waals surface area contributed by atoms with Crippen molar-refractivity contribution >= 4 is 17.4 Å². The monoisotopic (exact) mass is 302 g/mol. The van der Waals surface area contributed by atoms with Gasteiger partial charge in [0.1, 0.15) is 10.0 Å². The fourth-order valence-electron chi connectivity index (χ4n) is 2.69. The number of rotatable bonds is 2. The zero-order chi connectivity index (χ0) is 15.0. The van der Waals surface area contributed by atoms with Gasteiger partial charge in [0.15, 0.2) is 0 Å². The van der Waals surface area contributed by atoms with E-state index in [-0.39, 0.29) is 12.1 Å². The largest absolute Gasteiger partial charge is 0.331 e. The van der Waals surface area contributed by atoms with E-state index < -0.39 is 0 Å². The molecule has 0 spiro atoms. The van der Waals surface area contributed by atoms with Crippen LogP contribution in [0, 0.1) is 6.92 Å². The fraction of sp³-hybridized carbons (Fsp3) is 0.400. The Morgan fingerprint density at radius 2 is 2.19 bits per heavy atom. The summed E-state index contributed by atoms with van der Waals surface area (Å²) in [6, 6.07) is 6.26. The van der Waals surface area contributed by atoms with Gasteiger partial charge in [-0.05, 0) is 30.9 Å². The lowest BCUT2D eigenvalue weighted by Crippen LogP contribution is -2.36. The van der Waals surface area contributed by atoms with Gasteiger partial charge in [0.2, 0.25) is 0 Å². The van der Waals surface area contributed by atoms with Gasteiger partial charge in [-0.15, -0.1) is 10.2 Å². The number of amides is 2. The summed E-state index contributed by atoms with van der Waals surface area (Å²) in [6.07, 6.45) is 1.90. The van der Waals surface area contributed by atoms with Crippen LogP contribution in [0.2, 0.25) is 0 Å². The molecule has 1 unspecified atom stereocenters. The first-order valence-electron chi connectivity index (χ1n) is 6.96. The summed E-state index contributed by atoms with van der Waals surface area (Å²) in [5.74, 6) is 0. The number of nitrogens with zero attached hydrogens (tertiary/aromatic N) is 3. The quantitative estimate of drug-likeness (QED) is 0.928. The molecule has 3 rings (SSSR count). The summed E-state index contributed by atoms with van der Waals surface area (Å²) < 4.78 is 0. The minimum atomic E-state index is -0.0509. The van der Waals surface area contributed by atoms with E-state index in [1.165, 1.54) is 11.1 Å². The third-order valence-corrected chi connectivity index (χ3v) is 4.60. The molecule has 1 aromatic heterocycles. The molecule has 0 saturated carbocycles. The first kappa shape index (κ1) is 14.0. The van der Waals surface area contributed by atoms with Gasteiger partial charge in [-0.25, -0.2) is 4.79 Å². The Hall–Kier alpha value is -1.95.